The highest BCUT2D eigenvalue weighted by molar-refractivity contribution is 9.11. The van der Waals surface area contributed by atoms with Gasteiger partial charge in [-0.05, 0) is 30.8 Å². The van der Waals surface area contributed by atoms with Crippen LogP contribution in [-0.2, 0) is 6.42 Å². The maximum absolute atomic E-state index is 4.26. The van der Waals surface area contributed by atoms with Gasteiger partial charge in [0.05, 0.1) is 0 Å². The van der Waals surface area contributed by atoms with Crippen molar-refractivity contribution < 1.29 is 0 Å². The molecule has 0 aliphatic carbocycles. The second-order valence-electron chi connectivity index (χ2n) is 3.78. The van der Waals surface area contributed by atoms with Crippen molar-refractivity contribution in [2.24, 2.45) is 0 Å². The molecule has 0 aliphatic heterocycles. The Kier molecular flexibility index (Phi) is 4.36. The zero-order valence-electron chi connectivity index (χ0n) is 9.37. The Morgan fingerprint density at radius 2 is 2.00 bits per heavy atom. The minimum absolute atomic E-state index is 0.245. The van der Waals surface area contributed by atoms with Crippen molar-refractivity contribution in [3.8, 4) is 0 Å². The quantitative estimate of drug-likeness (QED) is 0.878. The summed E-state index contributed by atoms with van der Waals surface area (Å²) < 4.78 is 2.14. The maximum Gasteiger partial charge on any atom is 0.107 e. The molecule has 1 aromatic heterocycles. The topological polar surface area (TPSA) is 40.7 Å². The highest BCUT2D eigenvalue weighted by Crippen LogP contribution is 2.25. The lowest BCUT2D eigenvalue weighted by molar-refractivity contribution is 0.577. The van der Waals surface area contributed by atoms with Gasteiger partial charge in [-0.25, -0.2) is 4.98 Å². The molecular weight excluding hydrogens is 346 g/mol. The Balaban J connectivity index is 2.22. The predicted molar refractivity (Wildman–Crippen MR) is 75.9 cm³/mol. The molecule has 0 bridgehead atoms. The Hall–Kier alpha value is -0.650. The SMILES string of the molecule is CNC(Cc1ncc[nH]1)c1cc(Br)cc(Br)c1. The first-order valence-electron chi connectivity index (χ1n) is 5.30. The van der Waals surface area contributed by atoms with Crippen LogP contribution in [-0.4, -0.2) is 17.0 Å². The number of hydrogen-bond donors (Lipinski definition) is 2. The summed E-state index contributed by atoms with van der Waals surface area (Å²) in [6, 6.07) is 6.52. The molecule has 1 atom stereocenters. The standard InChI is InChI=1S/C12H13Br2N3/c1-15-11(7-12-16-2-3-17-12)8-4-9(13)6-10(14)5-8/h2-6,11,15H,7H2,1H3,(H,16,17). The van der Waals surface area contributed by atoms with E-state index in [-0.39, 0.29) is 6.04 Å². The zero-order valence-corrected chi connectivity index (χ0v) is 12.5. The lowest BCUT2D eigenvalue weighted by atomic mass is 10.0. The highest BCUT2D eigenvalue weighted by Gasteiger charge is 2.12. The first-order chi connectivity index (χ1) is 8.19. The summed E-state index contributed by atoms with van der Waals surface area (Å²) in [5.41, 5.74) is 1.23. The molecule has 3 nitrogen and oxygen atoms in total. The van der Waals surface area contributed by atoms with Crippen LogP contribution in [0.2, 0.25) is 0 Å². The molecule has 0 spiro atoms. The summed E-state index contributed by atoms with van der Waals surface area (Å²) in [7, 11) is 1.96. The van der Waals surface area contributed by atoms with E-state index < -0.39 is 0 Å². The third-order valence-corrected chi connectivity index (χ3v) is 3.50. The van der Waals surface area contributed by atoms with Crippen molar-refractivity contribution in [2.75, 3.05) is 7.05 Å². The fourth-order valence-corrected chi connectivity index (χ4v) is 3.09. The summed E-state index contributed by atoms with van der Waals surface area (Å²) in [6.07, 6.45) is 4.46. The lowest BCUT2D eigenvalue weighted by Gasteiger charge is -2.16. The van der Waals surface area contributed by atoms with Crippen LogP contribution in [0.3, 0.4) is 0 Å². The van der Waals surface area contributed by atoms with Gasteiger partial charge in [0, 0.05) is 33.8 Å². The van der Waals surface area contributed by atoms with Crippen LogP contribution in [0.1, 0.15) is 17.4 Å². The number of rotatable bonds is 4. The van der Waals surface area contributed by atoms with Crippen molar-refractivity contribution in [1.82, 2.24) is 15.3 Å². The first-order valence-corrected chi connectivity index (χ1v) is 6.89. The molecule has 17 heavy (non-hydrogen) atoms. The number of likely N-dealkylation sites (N-methyl/N-ethyl adjacent to an activating group) is 1. The number of aromatic nitrogens is 2. The molecule has 0 radical (unpaired) electrons. The second-order valence-corrected chi connectivity index (χ2v) is 5.62. The molecule has 0 aliphatic rings. The number of benzene rings is 1. The lowest BCUT2D eigenvalue weighted by Crippen LogP contribution is -2.19. The number of hydrogen-bond acceptors (Lipinski definition) is 2. The largest absolute Gasteiger partial charge is 0.349 e. The second kappa shape index (κ2) is 5.80. The molecule has 0 saturated carbocycles. The normalized spacial score (nSPS) is 12.6. The molecule has 0 saturated heterocycles. The van der Waals surface area contributed by atoms with Gasteiger partial charge in [-0.15, -0.1) is 0 Å². The summed E-state index contributed by atoms with van der Waals surface area (Å²) in [6.45, 7) is 0. The van der Waals surface area contributed by atoms with Gasteiger partial charge in [0.1, 0.15) is 5.82 Å². The van der Waals surface area contributed by atoms with Crippen LogP contribution in [0.15, 0.2) is 39.5 Å². The van der Waals surface area contributed by atoms with Crippen LogP contribution < -0.4 is 5.32 Å². The van der Waals surface area contributed by atoms with Gasteiger partial charge < -0.3 is 10.3 Å². The van der Waals surface area contributed by atoms with Gasteiger partial charge in [-0.1, -0.05) is 31.9 Å². The number of halogens is 2. The third kappa shape index (κ3) is 3.40. The fourth-order valence-electron chi connectivity index (χ4n) is 1.77. The zero-order chi connectivity index (χ0) is 12.3. The minimum Gasteiger partial charge on any atom is -0.349 e. The average Bonchev–Trinajstić information content (AvgIpc) is 2.77. The molecule has 2 rings (SSSR count). The number of nitrogens with one attached hydrogen (secondary N) is 2. The Bertz CT molecular complexity index is 462. The van der Waals surface area contributed by atoms with E-state index >= 15 is 0 Å². The van der Waals surface area contributed by atoms with Crippen molar-refractivity contribution in [1.29, 1.82) is 0 Å². The van der Waals surface area contributed by atoms with Crippen molar-refractivity contribution in [3.05, 3.63) is 50.9 Å². The molecule has 2 aromatic rings. The molecule has 90 valence electrons. The summed E-state index contributed by atoms with van der Waals surface area (Å²) >= 11 is 7.01. The van der Waals surface area contributed by atoms with E-state index in [9.17, 15) is 0 Å². The van der Waals surface area contributed by atoms with E-state index in [1.165, 1.54) is 5.56 Å². The predicted octanol–water partition coefficient (Wildman–Crippen LogP) is 3.44. The highest BCUT2D eigenvalue weighted by atomic mass is 79.9. The van der Waals surface area contributed by atoms with Gasteiger partial charge in [-0.3, -0.25) is 0 Å². The Labute approximate surface area is 117 Å². The van der Waals surface area contributed by atoms with Crippen LogP contribution >= 0.6 is 31.9 Å². The van der Waals surface area contributed by atoms with Crippen LogP contribution in [0.25, 0.3) is 0 Å². The molecule has 1 aromatic carbocycles. The smallest absolute Gasteiger partial charge is 0.107 e. The van der Waals surface area contributed by atoms with Crippen molar-refractivity contribution >= 4 is 31.9 Å². The minimum atomic E-state index is 0.245. The summed E-state index contributed by atoms with van der Waals surface area (Å²) in [4.78, 5) is 7.38. The van der Waals surface area contributed by atoms with E-state index in [4.69, 9.17) is 0 Å². The Morgan fingerprint density at radius 1 is 1.29 bits per heavy atom. The van der Waals surface area contributed by atoms with Gasteiger partial charge in [-0.2, -0.15) is 0 Å². The first kappa shape index (κ1) is 12.8. The molecule has 2 N–H and O–H groups in total. The average molecular weight is 359 g/mol. The van der Waals surface area contributed by atoms with Gasteiger partial charge in [0.2, 0.25) is 0 Å². The summed E-state index contributed by atoms with van der Waals surface area (Å²) in [5, 5.41) is 3.31. The van der Waals surface area contributed by atoms with E-state index in [0.717, 1.165) is 21.2 Å². The van der Waals surface area contributed by atoms with Gasteiger partial charge in [0.25, 0.3) is 0 Å². The van der Waals surface area contributed by atoms with Crippen molar-refractivity contribution in [2.45, 2.75) is 12.5 Å². The van der Waals surface area contributed by atoms with Crippen LogP contribution in [0, 0.1) is 0 Å². The molecule has 0 fully saturated rings. The van der Waals surface area contributed by atoms with E-state index in [1.807, 2.05) is 19.3 Å². The van der Waals surface area contributed by atoms with Crippen LogP contribution in [0.5, 0.6) is 0 Å². The monoisotopic (exact) mass is 357 g/mol. The molecule has 1 unspecified atom stereocenters. The van der Waals surface area contributed by atoms with Gasteiger partial charge in [0.15, 0.2) is 0 Å². The van der Waals surface area contributed by atoms with E-state index in [2.05, 4.69) is 59.3 Å². The number of aromatic amines is 1. The van der Waals surface area contributed by atoms with Crippen LogP contribution in [0.4, 0.5) is 0 Å². The number of nitrogens with zero attached hydrogens (tertiary/aromatic N) is 1. The summed E-state index contributed by atoms with van der Waals surface area (Å²) in [5.74, 6) is 0.987. The van der Waals surface area contributed by atoms with Crippen molar-refractivity contribution in [3.63, 3.8) is 0 Å². The van der Waals surface area contributed by atoms with E-state index in [0.29, 0.717) is 0 Å². The molecule has 1 heterocycles. The molecular formula is C12H13Br2N3. The number of imidazole rings is 1. The molecule has 5 heteroatoms. The van der Waals surface area contributed by atoms with Gasteiger partial charge >= 0.3 is 0 Å². The van der Waals surface area contributed by atoms with E-state index in [1.54, 1.807) is 6.20 Å². The third-order valence-electron chi connectivity index (χ3n) is 2.59. The molecule has 0 amide bonds. The fraction of sp³-hybridized carbons (Fsp3) is 0.250. The Morgan fingerprint density at radius 3 is 2.53 bits per heavy atom. The number of H-pyrrole nitrogens is 1. The maximum atomic E-state index is 4.26.